The van der Waals surface area contributed by atoms with Crippen molar-refractivity contribution in [1.29, 1.82) is 0 Å². The third-order valence-electron chi connectivity index (χ3n) is 6.76. The minimum atomic E-state index is -1.12. The quantitative estimate of drug-likeness (QED) is 0.553. The molecule has 2 aliphatic carbocycles. The molecular weight excluding hydrogens is 398 g/mol. The second-order valence-electron chi connectivity index (χ2n) is 8.83. The van der Waals surface area contributed by atoms with Gasteiger partial charge in [0.25, 0.3) is 11.8 Å². The highest BCUT2D eigenvalue weighted by atomic mass is 16.5. The van der Waals surface area contributed by atoms with E-state index in [1.807, 2.05) is 24.3 Å². The van der Waals surface area contributed by atoms with Crippen LogP contribution in [0.1, 0.15) is 56.6 Å². The third kappa shape index (κ3) is 4.16. The fraction of sp³-hybridized carbons (Fsp3) is 0.565. The SMILES string of the molecule is C[C@@H]1CCCC[C@@H]1NC(=O)COC(=O)CN1C(=O)N[C@]2(CCCc3ccccc32)C1=O. The van der Waals surface area contributed by atoms with E-state index in [1.54, 1.807) is 0 Å². The van der Waals surface area contributed by atoms with Crippen LogP contribution >= 0.6 is 0 Å². The number of aryl methyl sites for hydroxylation is 1. The van der Waals surface area contributed by atoms with Crippen molar-refractivity contribution in [2.45, 2.75) is 63.5 Å². The summed E-state index contributed by atoms with van der Waals surface area (Å²) in [6, 6.07) is 7.04. The summed E-state index contributed by atoms with van der Waals surface area (Å²) in [6.07, 6.45) is 6.34. The van der Waals surface area contributed by atoms with E-state index in [1.165, 1.54) is 6.42 Å². The largest absolute Gasteiger partial charge is 0.454 e. The van der Waals surface area contributed by atoms with Crippen LogP contribution in [-0.2, 0) is 31.1 Å². The van der Waals surface area contributed by atoms with Gasteiger partial charge in [-0.25, -0.2) is 4.79 Å². The third-order valence-corrected chi connectivity index (χ3v) is 6.76. The van der Waals surface area contributed by atoms with Gasteiger partial charge in [-0.05, 0) is 49.1 Å². The number of rotatable bonds is 5. The molecule has 1 aliphatic heterocycles. The van der Waals surface area contributed by atoms with Crippen LogP contribution in [0, 0.1) is 5.92 Å². The van der Waals surface area contributed by atoms with Gasteiger partial charge in [-0.2, -0.15) is 0 Å². The summed E-state index contributed by atoms with van der Waals surface area (Å²) < 4.78 is 5.06. The standard InChI is InChI=1S/C23H29N3O5/c1-15-7-2-5-11-18(15)24-19(27)14-31-20(28)13-26-21(29)23(25-22(26)30)12-6-9-16-8-3-4-10-17(16)23/h3-4,8,10,15,18H,2,5-7,9,11-14H2,1H3,(H,24,27)(H,25,30)/t15-,18+,23+/m1/s1. The molecule has 166 valence electrons. The number of carbonyl (C=O) groups is 4. The Bertz CT molecular complexity index is 901. The van der Waals surface area contributed by atoms with Gasteiger partial charge in [-0.1, -0.05) is 44.0 Å². The molecule has 1 aromatic rings. The molecule has 2 N–H and O–H groups in total. The second kappa shape index (κ2) is 8.69. The molecule has 1 heterocycles. The highest BCUT2D eigenvalue weighted by Crippen LogP contribution is 2.39. The van der Waals surface area contributed by atoms with Crippen molar-refractivity contribution in [3.05, 3.63) is 35.4 Å². The first-order valence-corrected chi connectivity index (χ1v) is 11.1. The number of urea groups is 1. The van der Waals surface area contributed by atoms with Crippen LogP contribution in [0.15, 0.2) is 24.3 Å². The molecule has 4 amide bonds. The molecule has 1 saturated heterocycles. The molecule has 3 atom stereocenters. The number of esters is 1. The molecule has 4 rings (SSSR count). The molecule has 3 aliphatic rings. The van der Waals surface area contributed by atoms with Crippen LogP contribution < -0.4 is 10.6 Å². The van der Waals surface area contributed by atoms with Gasteiger partial charge < -0.3 is 15.4 Å². The Labute approximate surface area is 181 Å². The van der Waals surface area contributed by atoms with E-state index in [-0.39, 0.29) is 11.9 Å². The van der Waals surface area contributed by atoms with E-state index in [4.69, 9.17) is 4.74 Å². The van der Waals surface area contributed by atoms with Crippen LogP contribution in [0.3, 0.4) is 0 Å². The Kier molecular flexibility index (Phi) is 5.98. The summed E-state index contributed by atoms with van der Waals surface area (Å²) >= 11 is 0. The molecule has 0 radical (unpaired) electrons. The Hall–Kier alpha value is -2.90. The van der Waals surface area contributed by atoms with Gasteiger partial charge >= 0.3 is 12.0 Å². The molecular formula is C23H29N3O5. The predicted octanol–water partition coefficient (Wildman–Crippen LogP) is 2.01. The number of imide groups is 1. The van der Waals surface area contributed by atoms with Crippen molar-refractivity contribution >= 4 is 23.8 Å². The van der Waals surface area contributed by atoms with Crippen molar-refractivity contribution in [2.24, 2.45) is 5.92 Å². The average molecular weight is 428 g/mol. The summed E-state index contributed by atoms with van der Waals surface area (Å²) in [5.41, 5.74) is 0.692. The molecule has 0 unspecified atom stereocenters. The number of hydrogen-bond donors (Lipinski definition) is 2. The lowest BCUT2D eigenvalue weighted by Crippen LogP contribution is -2.47. The molecule has 0 aromatic heterocycles. The van der Waals surface area contributed by atoms with Crippen LogP contribution in [0.4, 0.5) is 4.79 Å². The Morgan fingerprint density at radius 2 is 1.97 bits per heavy atom. The highest BCUT2D eigenvalue weighted by Gasteiger charge is 2.54. The van der Waals surface area contributed by atoms with Crippen LogP contribution in [-0.4, -0.2) is 47.9 Å². The minimum absolute atomic E-state index is 0.0946. The van der Waals surface area contributed by atoms with Crippen LogP contribution in [0.5, 0.6) is 0 Å². The maximum atomic E-state index is 13.2. The number of hydrogen-bond acceptors (Lipinski definition) is 5. The van der Waals surface area contributed by atoms with Crippen LogP contribution in [0.2, 0.25) is 0 Å². The highest BCUT2D eigenvalue weighted by molar-refractivity contribution is 6.09. The molecule has 1 aromatic carbocycles. The first kappa shape index (κ1) is 21.3. The topological polar surface area (TPSA) is 105 Å². The zero-order valence-electron chi connectivity index (χ0n) is 17.8. The normalized spacial score (nSPS) is 27.6. The minimum Gasteiger partial charge on any atom is -0.454 e. The Balaban J connectivity index is 1.34. The first-order valence-electron chi connectivity index (χ1n) is 11.1. The lowest BCUT2D eigenvalue weighted by Gasteiger charge is -2.33. The van der Waals surface area contributed by atoms with Gasteiger partial charge in [0.2, 0.25) is 0 Å². The lowest BCUT2D eigenvalue weighted by molar-refractivity contribution is -0.151. The maximum absolute atomic E-state index is 13.2. The van der Waals surface area contributed by atoms with Crippen LogP contribution in [0.25, 0.3) is 0 Å². The Morgan fingerprint density at radius 1 is 1.19 bits per heavy atom. The summed E-state index contributed by atoms with van der Waals surface area (Å²) in [5.74, 6) is -1.19. The summed E-state index contributed by atoms with van der Waals surface area (Å²) in [5, 5.41) is 5.72. The van der Waals surface area contributed by atoms with Gasteiger partial charge in [-0.15, -0.1) is 0 Å². The summed E-state index contributed by atoms with van der Waals surface area (Å²) in [4.78, 5) is 51.1. The fourth-order valence-electron chi connectivity index (χ4n) is 5.05. The molecule has 8 heteroatoms. The number of ether oxygens (including phenoxy) is 1. The van der Waals surface area contributed by atoms with E-state index in [9.17, 15) is 19.2 Å². The first-order chi connectivity index (χ1) is 14.9. The molecule has 1 spiro atoms. The average Bonchev–Trinajstić information content (AvgIpc) is 2.99. The van der Waals surface area contributed by atoms with Gasteiger partial charge in [-0.3, -0.25) is 19.3 Å². The molecule has 2 fully saturated rings. The number of amides is 4. The Morgan fingerprint density at radius 3 is 2.77 bits per heavy atom. The summed E-state index contributed by atoms with van der Waals surface area (Å²) in [7, 11) is 0. The fourth-order valence-corrected chi connectivity index (χ4v) is 5.05. The van der Waals surface area contributed by atoms with Gasteiger partial charge in [0, 0.05) is 6.04 Å². The van der Waals surface area contributed by atoms with Gasteiger partial charge in [0.1, 0.15) is 12.1 Å². The number of carbonyl (C=O) groups excluding carboxylic acids is 4. The second-order valence-corrected chi connectivity index (χ2v) is 8.83. The van der Waals surface area contributed by atoms with Crippen molar-refractivity contribution in [3.8, 4) is 0 Å². The zero-order chi connectivity index (χ0) is 22.0. The summed E-state index contributed by atoms with van der Waals surface area (Å²) in [6.45, 7) is 1.17. The van der Waals surface area contributed by atoms with E-state index >= 15 is 0 Å². The van der Waals surface area contributed by atoms with E-state index < -0.39 is 36.6 Å². The van der Waals surface area contributed by atoms with Crippen molar-refractivity contribution in [1.82, 2.24) is 15.5 Å². The number of benzene rings is 1. The van der Waals surface area contributed by atoms with Crippen molar-refractivity contribution in [2.75, 3.05) is 13.2 Å². The smallest absolute Gasteiger partial charge is 0.326 e. The molecule has 8 nitrogen and oxygen atoms in total. The monoisotopic (exact) mass is 427 g/mol. The van der Waals surface area contributed by atoms with E-state index in [0.717, 1.165) is 48.1 Å². The van der Waals surface area contributed by atoms with Gasteiger partial charge in [0.15, 0.2) is 6.61 Å². The van der Waals surface area contributed by atoms with Crippen molar-refractivity contribution in [3.63, 3.8) is 0 Å². The lowest BCUT2D eigenvalue weighted by atomic mass is 9.76. The number of nitrogens with zero attached hydrogens (tertiary/aromatic N) is 1. The predicted molar refractivity (Wildman–Crippen MR) is 112 cm³/mol. The number of fused-ring (bicyclic) bond motifs is 2. The molecule has 31 heavy (non-hydrogen) atoms. The maximum Gasteiger partial charge on any atom is 0.326 e. The van der Waals surface area contributed by atoms with E-state index in [0.29, 0.717) is 12.3 Å². The number of nitrogens with one attached hydrogen (secondary N) is 2. The molecule has 1 saturated carbocycles. The van der Waals surface area contributed by atoms with E-state index in [2.05, 4.69) is 17.6 Å². The van der Waals surface area contributed by atoms with Crippen molar-refractivity contribution < 1.29 is 23.9 Å². The van der Waals surface area contributed by atoms with Gasteiger partial charge in [0.05, 0.1) is 0 Å². The molecule has 0 bridgehead atoms. The zero-order valence-corrected chi connectivity index (χ0v) is 17.8.